The maximum atomic E-state index is 6.48. The Kier molecular flexibility index (Phi) is 28.3. The highest BCUT2D eigenvalue weighted by Crippen LogP contribution is 2.37. The lowest BCUT2D eigenvalue weighted by Crippen LogP contribution is -2.31. The maximum absolute atomic E-state index is 6.48. The van der Waals surface area contributed by atoms with Crippen LogP contribution in [-0.4, -0.2) is 18.0 Å². The van der Waals surface area contributed by atoms with Gasteiger partial charge in [0.15, 0.2) is 5.79 Å². The van der Waals surface area contributed by atoms with Crippen LogP contribution in [0, 0.1) is 0 Å². The smallest absolute Gasteiger partial charge is 0.169 e. The molecular weight excluding hydrogens is 524 g/mol. The highest BCUT2D eigenvalue weighted by Gasteiger charge is 2.42. The minimum absolute atomic E-state index is 0.227. The van der Waals surface area contributed by atoms with Crippen molar-refractivity contribution in [3.63, 3.8) is 0 Å². The van der Waals surface area contributed by atoms with Crippen LogP contribution in [0.5, 0.6) is 0 Å². The highest BCUT2D eigenvalue weighted by molar-refractivity contribution is 4.92. The number of allylic oxidation sites excluding steroid dienone is 4. The lowest BCUT2D eigenvalue weighted by atomic mass is 9.98. The Morgan fingerprint density at radius 2 is 0.698 bits per heavy atom. The molecule has 1 rings (SSSR count). The van der Waals surface area contributed by atoms with Crippen LogP contribution in [0.25, 0.3) is 0 Å². The predicted octanol–water partition coefficient (Wildman–Crippen LogP) is 14.4. The number of ether oxygens (including phenoxy) is 2. The number of hydrogen-bond acceptors (Lipinski definition) is 2. The molecule has 0 spiro atoms. The van der Waals surface area contributed by atoms with Crippen LogP contribution < -0.4 is 0 Å². The molecule has 0 radical (unpaired) electrons. The molecule has 2 heteroatoms. The number of unbranched alkanes of at least 4 members (excludes halogenated alkanes) is 24. The van der Waals surface area contributed by atoms with Crippen molar-refractivity contribution in [1.82, 2.24) is 0 Å². The minimum Gasteiger partial charge on any atom is -0.344 e. The van der Waals surface area contributed by atoms with Crippen LogP contribution in [0.4, 0.5) is 0 Å². The van der Waals surface area contributed by atoms with Gasteiger partial charge in [0.25, 0.3) is 0 Å². The zero-order valence-corrected chi connectivity index (χ0v) is 30.0. The molecule has 1 fully saturated rings. The minimum atomic E-state index is -0.302. The molecule has 254 valence electrons. The van der Waals surface area contributed by atoms with E-state index < -0.39 is 0 Å². The van der Waals surface area contributed by atoms with Gasteiger partial charge in [-0.2, -0.15) is 0 Å². The fraction of sp³-hybridized carbons (Fsp3) is 0.902. The van der Waals surface area contributed by atoms with Gasteiger partial charge in [0.2, 0.25) is 0 Å². The van der Waals surface area contributed by atoms with Crippen LogP contribution in [0.15, 0.2) is 24.3 Å². The molecule has 2 nitrogen and oxygen atoms in total. The first-order chi connectivity index (χ1) is 21.1. The Bertz CT molecular complexity index is 613. The molecule has 1 heterocycles. The molecule has 1 aliphatic rings. The summed E-state index contributed by atoms with van der Waals surface area (Å²) < 4.78 is 13.0. The standard InChI is InChI=1S/C41H78O2/c1-5-7-9-11-13-15-17-19-21-23-25-27-29-31-33-35-37-41(42-39(3)40(4)43-41)38-36-34-32-30-28-26-24-22-20-18-16-14-12-10-8-6-2/h13,15,19,21,39-40H,5-12,14,16-18,20,22-38H2,1-4H3/b15-13-,21-19-. The molecule has 0 saturated carbocycles. The van der Waals surface area contributed by atoms with Crippen molar-refractivity contribution >= 4 is 0 Å². The second-order valence-corrected chi connectivity index (χ2v) is 13.9. The fourth-order valence-corrected chi connectivity index (χ4v) is 6.58. The molecule has 1 aliphatic heterocycles. The summed E-state index contributed by atoms with van der Waals surface area (Å²) in [7, 11) is 0. The van der Waals surface area contributed by atoms with E-state index in [1.807, 2.05) is 0 Å². The Balaban J connectivity index is 2.00. The van der Waals surface area contributed by atoms with Crippen molar-refractivity contribution in [2.24, 2.45) is 0 Å². The van der Waals surface area contributed by atoms with Gasteiger partial charge < -0.3 is 9.47 Å². The van der Waals surface area contributed by atoms with Crippen LogP contribution in [0.3, 0.4) is 0 Å². The van der Waals surface area contributed by atoms with Crippen LogP contribution in [0.1, 0.15) is 220 Å². The highest BCUT2D eigenvalue weighted by atomic mass is 16.8. The van der Waals surface area contributed by atoms with E-state index in [0.29, 0.717) is 0 Å². The SMILES string of the molecule is CCCCC/C=C\C/C=C\CCCCCCCCC1(CCCCCCCCCCCCCCCCCC)OC(C)C(C)O1. The first kappa shape index (κ1) is 40.4. The van der Waals surface area contributed by atoms with Crippen molar-refractivity contribution in [3.8, 4) is 0 Å². The number of rotatable bonds is 32. The van der Waals surface area contributed by atoms with E-state index in [1.54, 1.807) is 0 Å². The molecule has 0 aliphatic carbocycles. The zero-order chi connectivity index (χ0) is 31.1. The largest absolute Gasteiger partial charge is 0.344 e. The number of hydrogen-bond donors (Lipinski definition) is 0. The van der Waals surface area contributed by atoms with Gasteiger partial charge in [-0.15, -0.1) is 0 Å². The van der Waals surface area contributed by atoms with Crippen LogP contribution in [-0.2, 0) is 9.47 Å². The van der Waals surface area contributed by atoms with Gasteiger partial charge in [0.05, 0.1) is 12.2 Å². The van der Waals surface area contributed by atoms with Crippen molar-refractivity contribution in [1.29, 1.82) is 0 Å². The van der Waals surface area contributed by atoms with E-state index >= 15 is 0 Å². The summed E-state index contributed by atoms with van der Waals surface area (Å²) >= 11 is 0. The molecule has 0 aromatic rings. The van der Waals surface area contributed by atoms with E-state index in [2.05, 4.69) is 52.0 Å². The molecule has 0 aromatic heterocycles. The molecule has 0 bridgehead atoms. The molecule has 43 heavy (non-hydrogen) atoms. The van der Waals surface area contributed by atoms with Gasteiger partial charge in [-0.25, -0.2) is 0 Å². The van der Waals surface area contributed by atoms with Gasteiger partial charge in [0.1, 0.15) is 0 Å². The first-order valence-corrected chi connectivity index (χ1v) is 19.8. The van der Waals surface area contributed by atoms with Crippen molar-refractivity contribution < 1.29 is 9.47 Å². The Hall–Kier alpha value is -0.600. The molecule has 1 saturated heterocycles. The maximum Gasteiger partial charge on any atom is 0.169 e. The molecular formula is C41H78O2. The second kappa shape index (κ2) is 30.1. The lowest BCUT2D eigenvalue weighted by Gasteiger charge is -2.28. The summed E-state index contributed by atoms with van der Waals surface area (Å²) in [6.07, 6.45) is 50.3. The fourth-order valence-electron chi connectivity index (χ4n) is 6.58. The zero-order valence-electron chi connectivity index (χ0n) is 30.0. The van der Waals surface area contributed by atoms with Gasteiger partial charge in [-0.05, 0) is 58.8 Å². The topological polar surface area (TPSA) is 18.5 Å². The molecule has 0 N–H and O–H groups in total. The van der Waals surface area contributed by atoms with Crippen LogP contribution in [0.2, 0.25) is 0 Å². The lowest BCUT2D eigenvalue weighted by molar-refractivity contribution is -0.184. The normalized spacial score (nSPS) is 20.7. The predicted molar refractivity (Wildman–Crippen MR) is 192 cm³/mol. The second-order valence-electron chi connectivity index (χ2n) is 13.9. The van der Waals surface area contributed by atoms with E-state index in [1.165, 1.54) is 173 Å². The molecule has 0 amide bonds. The van der Waals surface area contributed by atoms with E-state index in [0.717, 1.165) is 19.3 Å². The van der Waals surface area contributed by atoms with Crippen molar-refractivity contribution in [2.45, 2.75) is 238 Å². The van der Waals surface area contributed by atoms with Gasteiger partial charge >= 0.3 is 0 Å². The van der Waals surface area contributed by atoms with E-state index in [-0.39, 0.29) is 18.0 Å². The van der Waals surface area contributed by atoms with Gasteiger partial charge in [-0.1, -0.05) is 173 Å². The van der Waals surface area contributed by atoms with Gasteiger partial charge in [0, 0.05) is 12.8 Å². The third-order valence-electron chi connectivity index (χ3n) is 9.63. The van der Waals surface area contributed by atoms with E-state index in [4.69, 9.17) is 9.47 Å². The van der Waals surface area contributed by atoms with Gasteiger partial charge in [-0.3, -0.25) is 0 Å². The summed E-state index contributed by atoms with van der Waals surface area (Å²) in [5, 5.41) is 0. The molecule has 2 atom stereocenters. The molecule has 0 aromatic carbocycles. The average Bonchev–Trinajstić information content (AvgIpc) is 3.29. The Morgan fingerprint density at radius 1 is 0.395 bits per heavy atom. The van der Waals surface area contributed by atoms with E-state index in [9.17, 15) is 0 Å². The summed E-state index contributed by atoms with van der Waals surface area (Å²) in [5.74, 6) is -0.302. The Labute approximate surface area is 271 Å². The summed E-state index contributed by atoms with van der Waals surface area (Å²) in [6.45, 7) is 8.96. The average molecular weight is 603 g/mol. The van der Waals surface area contributed by atoms with Crippen LogP contribution >= 0.6 is 0 Å². The quantitative estimate of drug-likeness (QED) is 0.0563. The Morgan fingerprint density at radius 3 is 1.09 bits per heavy atom. The first-order valence-electron chi connectivity index (χ1n) is 19.8. The third kappa shape index (κ3) is 24.3. The molecule has 2 unspecified atom stereocenters. The summed E-state index contributed by atoms with van der Waals surface area (Å²) in [6, 6.07) is 0. The van der Waals surface area contributed by atoms with Crippen molar-refractivity contribution in [2.75, 3.05) is 0 Å². The van der Waals surface area contributed by atoms with Crippen molar-refractivity contribution in [3.05, 3.63) is 24.3 Å². The summed E-state index contributed by atoms with van der Waals surface area (Å²) in [4.78, 5) is 0. The monoisotopic (exact) mass is 603 g/mol. The summed E-state index contributed by atoms with van der Waals surface area (Å²) in [5.41, 5.74) is 0. The third-order valence-corrected chi connectivity index (χ3v) is 9.63.